The Morgan fingerprint density at radius 2 is 2.27 bits per heavy atom. The van der Waals surface area contributed by atoms with Crippen molar-refractivity contribution in [1.82, 2.24) is 0 Å². The lowest BCUT2D eigenvalue weighted by Gasteiger charge is -2.10. The highest BCUT2D eigenvalue weighted by Gasteiger charge is 2.05. The van der Waals surface area contributed by atoms with Crippen molar-refractivity contribution in [1.29, 1.82) is 0 Å². The summed E-state index contributed by atoms with van der Waals surface area (Å²) in [5.74, 6) is -0.230. The predicted molar refractivity (Wildman–Crippen MR) is 62.3 cm³/mol. The molecule has 0 aliphatic carbocycles. The third kappa shape index (κ3) is 4.28. The Morgan fingerprint density at radius 1 is 1.53 bits per heavy atom. The Balaban J connectivity index is 2.50. The van der Waals surface area contributed by atoms with E-state index >= 15 is 0 Å². The molecule has 1 atom stereocenters. The number of methoxy groups -OCH3 is 1. The largest absolute Gasteiger partial charge is 0.383 e. The van der Waals surface area contributed by atoms with Crippen molar-refractivity contribution in [2.24, 2.45) is 5.73 Å². The Labute approximate surface area is 97.7 Å². The molecule has 1 rings (SSSR count). The van der Waals surface area contributed by atoms with Crippen molar-refractivity contribution in [2.75, 3.05) is 13.7 Å². The van der Waals surface area contributed by atoms with Gasteiger partial charge in [0.15, 0.2) is 0 Å². The molecule has 0 fully saturated rings. The van der Waals surface area contributed by atoms with Gasteiger partial charge in [0.2, 0.25) is 0 Å². The molecule has 1 aromatic rings. The second kappa shape index (κ2) is 6.20. The van der Waals surface area contributed by atoms with E-state index in [0.717, 1.165) is 22.9 Å². The van der Waals surface area contributed by atoms with Crippen LogP contribution < -0.4 is 5.73 Å². The van der Waals surface area contributed by atoms with Gasteiger partial charge in [0.25, 0.3) is 0 Å². The average molecular weight is 276 g/mol. The third-order valence-electron chi connectivity index (χ3n) is 2.18. The molecule has 1 aromatic carbocycles. The number of halogens is 2. The van der Waals surface area contributed by atoms with Crippen molar-refractivity contribution in [2.45, 2.75) is 18.9 Å². The molecule has 0 aliphatic rings. The first-order valence-electron chi connectivity index (χ1n) is 4.82. The summed E-state index contributed by atoms with van der Waals surface area (Å²) in [7, 11) is 1.63. The van der Waals surface area contributed by atoms with Crippen LogP contribution in [0, 0.1) is 5.82 Å². The molecule has 0 saturated carbocycles. The number of nitrogens with two attached hydrogens (primary N) is 1. The van der Waals surface area contributed by atoms with Crippen molar-refractivity contribution < 1.29 is 9.13 Å². The van der Waals surface area contributed by atoms with Crippen LogP contribution in [0.25, 0.3) is 0 Å². The van der Waals surface area contributed by atoms with E-state index in [2.05, 4.69) is 15.9 Å². The Hall–Kier alpha value is -0.450. The number of ether oxygens (including phenoxy) is 1. The first-order chi connectivity index (χ1) is 7.13. The van der Waals surface area contributed by atoms with E-state index in [-0.39, 0.29) is 11.9 Å². The highest BCUT2D eigenvalue weighted by molar-refractivity contribution is 9.10. The summed E-state index contributed by atoms with van der Waals surface area (Å²) in [6, 6.07) is 4.74. The predicted octanol–water partition coefficient (Wildman–Crippen LogP) is 2.49. The molecule has 0 aromatic heterocycles. The molecule has 0 spiro atoms. The zero-order chi connectivity index (χ0) is 11.3. The van der Waals surface area contributed by atoms with Gasteiger partial charge in [0.05, 0.1) is 6.61 Å². The van der Waals surface area contributed by atoms with Crippen LogP contribution in [0.3, 0.4) is 0 Å². The highest BCUT2D eigenvalue weighted by atomic mass is 79.9. The van der Waals surface area contributed by atoms with E-state index in [1.165, 1.54) is 12.1 Å². The summed E-state index contributed by atoms with van der Waals surface area (Å²) in [6.45, 7) is 0.554. The molecule has 2 N–H and O–H groups in total. The van der Waals surface area contributed by atoms with Gasteiger partial charge in [-0.15, -0.1) is 0 Å². The van der Waals surface area contributed by atoms with Crippen LogP contribution >= 0.6 is 15.9 Å². The van der Waals surface area contributed by atoms with Gasteiger partial charge in [-0.25, -0.2) is 4.39 Å². The molecule has 15 heavy (non-hydrogen) atoms. The minimum atomic E-state index is -0.230. The quantitative estimate of drug-likeness (QED) is 0.896. The number of hydrogen-bond donors (Lipinski definition) is 1. The summed E-state index contributed by atoms with van der Waals surface area (Å²) in [5, 5.41) is 0. The molecule has 2 nitrogen and oxygen atoms in total. The smallest absolute Gasteiger partial charge is 0.124 e. The number of aryl methyl sites for hydroxylation is 1. The minimum absolute atomic E-state index is 0.0342. The van der Waals surface area contributed by atoms with Gasteiger partial charge >= 0.3 is 0 Å². The van der Waals surface area contributed by atoms with Gasteiger partial charge in [0.1, 0.15) is 5.82 Å². The van der Waals surface area contributed by atoms with Crippen molar-refractivity contribution >= 4 is 15.9 Å². The number of benzene rings is 1. The van der Waals surface area contributed by atoms with Crippen LogP contribution in [0.5, 0.6) is 0 Å². The lowest BCUT2D eigenvalue weighted by Crippen LogP contribution is -2.26. The SMILES string of the molecule is COCC(N)CCc1ccc(F)cc1Br. The van der Waals surface area contributed by atoms with E-state index in [1.807, 2.05) is 0 Å². The van der Waals surface area contributed by atoms with Crippen LogP contribution in [0.1, 0.15) is 12.0 Å². The second-order valence-electron chi connectivity index (χ2n) is 3.49. The fraction of sp³-hybridized carbons (Fsp3) is 0.455. The van der Waals surface area contributed by atoms with Gasteiger partial charge in [-0.3, -0.25) is 0 Å². The van der Waals surface area contributed by atoms with Crippen LogP contribution in [0.15, 0.2) is 22.7 Å². The Morgan fingerprint density at radius 3 is 2.87 bits per heavy atom. The molecule has 84 valence electrons. The van der Waals surface area contributed by atoms with Crippen LogP contribution in [0.4, 0.5) is 4.39 Å². The van der Waals surface area contributed by atoms with Gasteiger partial charge < -0.3 is 10.5 Å². The third-order valence-corrected chi connectivity index (χ3v) is 2.92. The van der Waals surface area contributed by atoms with Crippen molar-refractivity contribution in [3.63, 3.8) is 0 Å². The number of rotatable bonds is 5. The molecule has 0 amide bonds. The molecule has 0 bridgehead atoms. The van der Waals surface area contributed by atoms with E-state index < -0.39 is 0 Å². The fourth-order valence-corrected chi connectivity index (χ4v) is 1.91. The van der Waals surface area contributed by atoms with Gasteiger partial charge in [0, 0.05) is 17.6 Å². The van der Waals surface area contributed by atoms with Gasteiger partial charge in [-0.2, -0.15) is 0 Å². The molecule has 0 heterocycles. The van der Waals surface area contributed by atoms with Crippen LogP contribution in [-0.2, 0) is 11.2 Å². The second-order valence-corrected chi connectivity index (χ2v) is 4.34. The maximum absolute atomic E-state index is 12.8. The van der Waals surface area contributed by atoms with E-state index in [4.69, 9.17) is 10.5 Å². The monoisotopic (exact) mass is 275 g/mol. The first kappa shape index (κ1) is 12.6. The zero-order valence-corrected chi connectivity index (χ0v) is 10.3. The topological polar surface area (TPSA) is 35.2 Å². The molecule has 1 unspecified atom stereocenters. The maximum atomic E-state index is 12.8. The summed E-state index contributed by atoms with van der Waals surface area (Å²) in [6.07, 6.45) is 1.66. The normalized spacial score (nSPS) is 12.8. The summed E-state index contributed by atoms with van der Waals surface area (Å²) >= 11 is 3.32. The first-order valence-corrected chi connectivity index (χ1v) is 5.61. The van der Waals surface area contributed by atoms with Gasteiger partial charge in [-0.1, -0.05) is 22.0 Å². The molecular formula is C11H15BrFNO. The van der Waals surface area contributed by atoms with Crippen LogP contribution in [0.2, 0.25) is 0 Å². The minimum Gasteiger partial charge on any atom is -0.383 e. The highest BCUT2D eigenvalue weighted by Crippen LogP contribution is 2.19. The van der Waals surface area contributed by atoms with Crippen LogP contribution in [-0.4, -0.2) is 19.8 Å². The van der Waals surface area contributed by atoms with E-state index in [9.17, 15) is 4.39 Å². The lowest BCUT2D eigenvalue weighted by atomic mass is 10.1. The van der Waals surface area contributed by atoms with E-state index in [1.54, 1.807) is 13.2 Å². The number of hydrogen-bond acceptors (Lipinski definition) is 2. The molecular weight excluding hydrogens is 261 g/mol. The van der Waals surface area contributed by atoms with Gasteiger partial charge in [-0.05, 0) is 30.5 Å². The summed E-state index contributed by atoms with van der Waals surface area (Å²) < 4.78 is 18.5. The average Bonchev–Trinajstić information content (AvgIpc) is 2.17. The fourth-order valence-electron chi connectivity index (χ4n) is 1.36. The van der Waals surface area contributed by atoms with Crippen molar-refractivity contribution in [3.8, 4) is 0 Å². The van der Waals surface area contributed by atoms with Crippen molar-refractivity contribution in [3.05, 3.63) is 34.1 Å². The molecule has 0 aliphatic heterocycles. The zero-order valence-electron chi connectivity index (χ0n) is 8.67. The standard InChI is InChI=1S/C11H15BrFNO/c1-15-7-10(14)5-3-8-2-4-9(13)6-11(8)12/h2,4,6,10H,3,5,7,14H2,1H3. The maximum Gasteiger partial charge on any atom is 0.124 e. The lowest BCUT2D eigenvalue weighted by molar-refractivity contribution is 0.177. The van der Waals surface area contributed by atoms with E-state index in [0.29, 0.717) is 6.61 Å². The molecule has 0 saturated heterocycles. The summed E-state index contributed by atoms with van der Waals surface area (Å²) in [5.41, 5.74) is 6.87. The summed E-state index contributed by atoms with van der Waals surface area (Å²) in [4.78, 5) is 0. The molecule has 0 radical (unpaired) electrons. The molecule has 4 heteroatoms. The Bertz CT molecular complexity index is 319. The Kier molecular flexibility index (Phi) is 5.22.